The fourth-order valence-electron chi connectivity index (χ4n) is 4.51. The summed E-state index contributed by atoms with van der Waals surface area (Å²) >= 11 is 1.58. The number of hydrogen-bond acceptors (Lipinski definition) is 6. The molecule has 0 radical (unpaired) electrons. The maximum Gasteiger partial charge on any atom is 0.203 e. The Morgan fingerprint density at radius 1 is 0.969 bits per heavy atom. The summed E-state index contributed by atoms with van der Waals surface area (Å²) in [6.07, 6.45) is 6.95. The van der Waals surface area contributed by atoms with Crippen molar-refractivity contribution in [2.45, 2.75) is 11.8 Å². The number of nitrogens with one attached hydrogen (secondary N) is 1. The van der Waals surface area contributed by atoms with Crippen LogP contribution in [0.25, 0.3) is 16.6 Å². The number of ether oxygens (including phenoxy) is 3. The lowest BCUT2D eigenvalue weighted by Crippen LogP contribution is -2.31. The van der Waals surface area contributed by atoms with E-state index in [-0.39, 0.29) is 0 Å². The van der Waals surface area contributed by atoms with Gasteiger partial charge in [-0.2, -0.15) is 5.10 Å². The molecule has 2 aromatic carbocycles. The Labute approximate surface area is 190 Å². The van der Waals surface area contributed by atoms with Crippen molar-refractivity contribution in [2.24, 2.45) is 0 Å². The Balaban J connectivity index is 1.73. The molecule has 0 bridgehead atoms. The second kappa shape index (κ2) is 8.16. The second-order valence-electron chi connectivity index (χ2n) is 7.56. The first kappa shape index (κ1) is 20.3. The molecule has 0 aliphatic heterocycles. The van der Waals surface area contributed by atoms with E-state index in [1.54, 1.807) is 32.7 Å². The number of fused-ring (bicyclic) bond motifs is 1. The minimum Gasteiger partial charge on any atom is -0.493 e. The molecule has 4 aromatic rings. The zero-order valence-corrected chi connectivity index (χ0v) is 18.9. The van der Waals surface area contributed by atoms with E-state index in [1.165, 1.54) is 0 Å². The van der Waals surface area contributed by atoms with Crippen LogP contribution in [0.4, 0.5) is 0 Å². The zero-order chi connectivity index (χ0) is 22.1. The van der Waals surface area contributed by atoms with Crippen LogP contribution >= 0.6 is 11.3 Å². The van der Waals surface area contributed by atoms with Gasteiger partial charge >= 0.3 is 0 Å². The van der Waals surface area contributed by atoms with E-state index in [2.05, 4.69) is 57.7 Å². The standard InChI is InChI=1S/C25H23N3O3S/c1-29-20-10-9-18(23(30-2)24(20)31-3)25(16-7-5-4-6-8-16)12-11-17-19(13-25)27-28-22(17)21-14-26-15-32-21/h4-12,14-15H,13H2,1-3H3,(H,27,28). The van der Waals surface area contributed by atoms with Crippen molar-refractivity contribution in [1.29, 1.82) is 0 Å². The Morgan fingerprint density at radius 2 is 1.78 bits per heavy atom. The van der Waals surface area contributed by atoms with Crippen molar-refractivity contribution in [1.82, 2.24) is 15.2 Å². The van der Waals surface area contributed by atoms with Crippen molar-refractivity contribution < 1.29 is 14.2 Å². The first-order chi connectivity index (χ1) is 15.7. The van der Waals surface area contributed by atoms with Crippen molar-refractivity contribution in [3.63, 3.8) is 0 Å². The molecule has 0 saturated carbocycles. The van der Waals surface area contributed by atoms with Crippen molar-refractivity contribution in [2.75, 3.05) is 21.3 Å². The van der Waals surface area contributed by atoms with Gasteiger partial charge in [-0.3, -0.25) is 10.1 Å². The number of thiazole rings is 1. The average Bonchev–Trinajstić information content (AvgIpc) is 3.52. The highest BCUT2D eigenvalue weighted by Crippen LogP contribution is 2.50. The molecule has 32 heavy (non-hydrogen) atoms. The number of methoxy groups -OCH3 is 3. The molecule has 0 saturated heterocycles. The molecule has 162 valence electrons. The number of aromatic amines is 1. The van der Waals surface area contributed by atoms with Crippen LogP contribution in [-0.2, 0) is 11.8 Å². The molecule has 0 amide bonds. The van der Waals surface area contributed by atoms with E-state index in [4.69, 9.17) is 14.2 Å². The van der Waals surface area contributed by atoms with E-state index in [0.717, 1.165) is 33.0 Å². The molecule has 2 heterocycles. The van der Waals surface area contributed by atoms with Crippen molar-refractivity contribution in [3.05, 3.63) is 82.6 Å². The molecule has 6 nitrogen and oxygen atoms in total. The van der Waals surface area contributed by atoms with Gasteiger partial charge in [0.1, 0.15) is 5.69 Å². The van der Waals surface area contributed by atoms with Gasteiger partial charge in [0, 0.05) is 34.9 Å². The van der Waals surface area contributed by atoms with Crippen molar-refractivity contribution >= 4 is 17.4 Å². The third-order valence-corrected chi connectivity index (χ3v) is 6.79. The summed E-state index contributed by atoms with van der Waals surface area (Å²) in [4.78, 5) is 5.25. The summed E-state index contributed by atoms with van der Waals surface area (Å²) in [6, 6.07) is 14.4. The minimum absolute atomic E-state index is 0.476. The van der Waals surface area contributed by atoms with Crippen LogP contribution in [-0.4, -0.2) is 36.5 Å². The molecule has 0 fully saturated rings. The highest BCUT2D eigenvalue weighted by atomic mass is 32.1. The van der Waals surface area contributed by atoms with Crippen LogP contribution in [0.5, 0.6) is 17.2 Å². The summed E-state index contributed by atoms with van der Waals surface area (Å²) in [5.74, 6) is 1.87. The van der Waals surface area contributed by atoms with Crippen LogP contribution in [0.1, 0.15) is 22.4 Å². The Kier molecular flexibility index (Phi) is 5.19. The lowest BCUT2D eigenvalue weighted by atomic mass is 9.68. The molecule has 1 atom stereocenters. The Morgan fingerprint density at radius 3 is 2.47 bits per heavy atom. The normalized spacial score (nSPS) is 17.1. The Hall–Kier alpha value is -3.58. The summed E-state index contributed by atoms with van der Waals surface area (Å²) in [7, 11) is 4.92. The minimum atomic E-state index is -0.476. The SMILES string of the molecule is COc1ccc(C2(c3ccccc3)C=Cc3c(-c4cncs4)n[nH]c3C2)c(OC)c1OC. The fraction of sp³-hybridized carbons (Fsp3) is 0.200. The van der Waals surface area contributed by atoms with Crippen LogP contribution in [0.15, 0.2) is 60.2 Å². The topological polar surface area (TPSA) is 69.3 Å². The molecular formula is C25H23N3O3S. The van der Waals surface area contributed by atoms with E-state index in [1.807, 2.05) is 23.8 Å². The maximum absolute atomic E-state index is 5.89. The lowest BCUT2D eigenvalue weighted by molar-refractivity contribution is 0.319. The summed E-state index contributed by atoms with van der Waals surface area (Å²) < 4.78 is 17.1. The maximum atomic E-state index is 5.89. The number of rotatable bonds is 6. The first-order valence-electron chi connectivity index (χ1n) is 10.2. The highest BCUT2D eigenvalue weighted by Gasteiger charge is 2.40. The summed E-state index contributed by atoms with van der Waals surface area (Å²) in [5.41, 5.74) is 6.60. The van der Waals surface area contributed by atoms with E-state index in [0.29, 0.717) is 23.7 Å². The largest absolute Gasteiger partial charge is 0.493 e. The van der Waals surface area contributed by atoms with Gasteiger partial charge in [-0.15, -0.1) is 11.3 Å². The molecule has 0 spiro atoms. The lowest BCUT2D eigenvalue weighted by Gasteiger charge is -2.36. The van der Waals surface area contributed by atoms with Crippen LogP contribution in [0, 0.1) is 0 Å². The number of H-pyrrole nitrogens is 1. The van der Waals surface area contributed by atoms with Gasteiger partial charge in [0.05, 0.1) is 31.7 Å². The van der Waals surface area contributed by atoms with Gasteiger partial charge in [0.25, 0.3) is 0 Å². The van der Waals surface area contributed by atoms with Crippen LogP contribution in [0.2, 0.25) is 0 Å². The number of hydrogen-bond donors (Lipinski definition) is 1. The molecular weight excluding hydrogens is 422 g/mol. The molecule has 2 aromatic heterocycles. The molecule has 1 aliphatic rings. The smallest absolute Gasteiger partial charge is 0.203 e. The summed E-state index contributed by atoms with van der Waals surface area (Å²) in [6.45, 7) is 0. The highest BCUT2D eigenvalue weighted by molar-refractivity contribution is 7.13. The third-order valence-electron chi connectivity index (χ3n) is 6.01. The van der Waals surface area contributed by atoms with Gasteiger partial charge in [-0.05, 0) is 11.6 Å². The first-order valence-corrected chi connectivity index (χ1v) is 11.1. The Bertz CT molecular complexity index is 1270. The van der Waals surface area contributed by atoms with Gasteiger partial charge in [-0.25, -0.2) is 0 Å². The number of nitrogens with zero attached hydrogens (tertiary/aromatic N) is 2. The quantitative estimate of drug-likeness (QED) is 0.446. The number of allylic oxidation sites excluding steroid dienone is 1. The van der Waals surface area contributed by atoms with E-state index in [9.17, 15) is 0 Å². The molecule has 5 rings (SSSR count). The number of aromatic nitrogens is 3. The van der Waals surface area contributed by atoms with Gasteiger partial charge < -0.3 is 14.2 Å². The van der Waals surface area contributed by atoms with Crippen LogP contribution < -0.4 is 14.2 Å². The van der Waals surface area contributed by atoms with Gasteiger partial charge in [0.2, 0.25) is 5.75 Å². The summed E-state index contributed by atoms with van der Waals surface area (Å²) in [5, 5.41) is 7.89. The molecule has 1 N–H and O–H groups in total. The molecule has 1 unspecified atom stereocenters. The number of benzene rings is 2. The monoisotopic (exact) mass is 445 g/mol. The van der Waals surface area contributed by atoms with Crippen molar-refractivity contribution in [3.8, 4) is 27.8 Å². The molecule has 1 aliphatic carbocycles. The third kappa shape index (κ3) is 3.08. The predicted molar refractivity (Wildman–Crippen MR) is 126 cm³/mol. The van der Waals surface area contributed by atoms with Gasteiger partial charge in [-0.1, -0.05) is 48.6 Å². The van der Waals surface area contributed by atoms with E-state index >= 15 is 0 Å². The van der Waals surface area contributed by atoms with Gasteiger partial charge in [0.15, 0.2) is 11.5 Å². The molecule has 7 heteroatoms. The van der Waals surface area contributed by atoms with E-state index < -0.39 is 5.41 Å². The zero-order valence-electron chi connectivity index (χ0n) is 18.1. The second-order valence-corrected chi connectivity index (χ2v) is 8.45. The fourth-order valence-corrected chi connectivity index (χ4v) is 5.14. The van der Waals surface area contributed by atoms with Crippen LogP contribution in [0.3, 0.4) is 0 Å². The average molecular weight is 446 g/mol. The predicted octanol–water partition coefficient (Wildman–Crippen LogP) is 5.11.